The second-order valence-corrected chi connectivity index (χ2v) is 3.01. The van der Waals surface area contributed by atoms with E-state index in [2.05, 4.69) is 10.1 Å². The molecular formula is C9H19ClN2O3. The summed E-state index contributed by atoms with van der Waals surface area (Å²) in [5.41, 5.74) is 5.55. The molecule has 0 aromatic carbocycles. The van der Waals surface area contributed by atoms with Crippen LogP contribution in [0.1, 0.15) is 26.2 Å². The van der Waals surface area contributed by atoms with E-state index in [4.69, 9.17) is 5.73 Å². The van der Waals surface area contributed by atoms with Crippen LogP contribution in [-0.4, -0.2) is 31.6 Å². The molecule has 0 fully saturated rings. The van der Waals surface area contributed by atoms with Crippen molar-refractivity contribution in [3.05, 3.63) is 0 Å². The number of hydrogen-bond acceptors (Lipinski definition) is 4. The molecule has 90 valence electrons. The topological polar surface area (TPSA) is 81.4 Å². The largest absolute Gasteiger partial charge is 0.469 e. The lowest BCUT2D eigenvalue weighted by Crippen LogP contribution is -2.41. The number of esters is 1. The van der Waals surface area contributed by atoms with Gasteiger partial charge in [-0.15, -0.1) is 12.4 Å². The first-order chi connectivity index (χ1) is 6.61. The zero-order valence-electron chi connectivity index (χ0n) is 9.12. The van der Waals surface area contributed by atoms with Crippen molar-refractivity contribution >= 4 is 24.3 Å². The van der Waals surface area contributed by atoms with Crippen molar-refractivity contribution in [1.29, 1.82) is 0 Å². The third-order valence-electron chi connectivity index (χ3n) is 1.79. The van der Waals surface area contributed by atoms with Gasteiger partial charge in [-0.1, -0.05) is 13.3 Å². The number of nitrogens with two attached hydrogens (primary N) is 1. The van der Waals surface area contributed by atoms with Crippen LogP contribution in [0.3, 0.4) is 0 Å². The van der Waals surface area contributed by atoms with Crippen molar-refractivity contribution in [3.8, 4) is 0 Å². The summed E-state index contributed by atoms with van der Waals surface area (Å²) in [6.07, 6.45) is 1.71. The monoisotopic (exact) mass is 238 g/mol. The predicted octanol–water partition coefficient (Wildman–Crippen LogP) is 0.215. The lowest BCUT2D eigenvalue weighted by Gasteiger charge is -2.10. The second-order valence-electron chi connectivity index (χ2n) is 3.01. The maximum absolute atomic E-state index is 11.2. The third kappa shape index (κ3) is 8.20. The molecule has 0 spiro atoms. The Labute approximate surface area is 96.1 Å². The Hall–Kier alpha value is -0.810. The third-order valence-corrected chi connectivity index (χ3v) is 1.79. The van der Waals surface area contributed by atoms with Gasteiger partial charge in [0.2, 0.25) is 5.91 Å². The maximum Gasteiger partial charge on any atom is 0.307 e. The number of rotatable bonds is 6. The summed E-state index contributed by atoms with van der Waals surface area (Å²) < 4.78 is 4.42. The molecule has 0 saturated carbocycles. The van der Waals surface area contributed by atoms with E-state index < -0.39 is 6.04 Å². The molecule has 1 amide bonds. The quantitative estimate of drug-likeness (QED) is 0.649. The van der Waals surface area contributed by atoms with Crippen LogP contribution >= 0.6 is 12.4 Å². The number of hydrogen-bond donors (Lipinski definition) is 2. The highest BCUT2D eigenvalue weighted by Crippen LogP contribution is 1.92. The zero-order chi connectivity index (χ0) is 11.0. The van der Waals surface area contributed by atoms with Crippen LogP contribution in [0.15, 0.2) is 0 Å². The van der Waals surface area contributed by atoms with E-state index in [0.29, 0.717) is 6.42 Å². The summed E-state index contributed by atoms with van der Waals surface area (Å²) in [5.74, 6) is -0.551. The van der Waals surface area contributed by atoms with Crippen LogP contribution in [-0.2, 0) is 14.3 Å². The van der Waals surface area contributed by atoms with Crippen molar-refractivity contribution in [2.45, 2.75) is 32.2 Å². The van der Waals surface area contributed by atoms with E-state index in [-0.39, 0.29) is 37.2 Å². The Bertz CT molecular complexity index is 200. The molecule has 0 aliphatic heterocycles. The number of carbonyl (C=O) groups excluding carboxylic acids is 2. The summed E-state index contributed by atoms with van der Waals surface area (Å²) in [6.45, 7) is 2.24. The molecule has 0 aliphatic carbocycles. The summed E-state index contributed by atoms with van der Waals surface area (Å²) >= 11 is 0. The lowest BCUT2D eigenvalue weighted by atomic mass is 10.2. The van der Waals surface area contributed by atoms with Gasteiger partial charge < -0.3 is 15.8 Å². The van der Waals surface area contributed by atoms with Crippen LogP contribution < -0.4 is 11.1 Å². The molecule has 0 bridgehead atoms. The van der Waals surface area contributed by atoms with Gasteiger partial charge in [0.15, 0.2) is 0 Å². The lowest BCUT2D eigenvalue weighted by molar-refractivity contribution is -0.140. The molecule has 6 heteroatoms. The summed E-state index contributed by atoms with van der Waals surface area (Å²) in [6, 6.07) is -0.474. The van der Waals surface area contributed by atoms with E-state index >= 15 is 0 Å². The molecule has 1 atom stereocenters. The minimum Gasteiger partial charge on any atom is -0.469 e. The molecule has 5 nitrogen and oxygen atoms in total. The van der Waals surface area contributed by atoms with Gasteiger partial charge in [0.1, 0.15) is 0 Å². The molecule has 0 radical (unpaired) electrons. The smallest absolute Gasteiger partial charge is 0.307 e. The van der Waals surface area contributed by atoms with E-state index in [0.717, 1.165) is 6.42 Å². The average molecular weight is 239 g/mol. The number of methoxy groups -OCH3 is 1. The van der Waals surface area contributed by atoms with Gasteiger partial charge in [-0.2, -0.15) is 0 Å². The fourth-order valence-electron chi connectivity index (χ4n) is 0.963. The summed E-state index contributed by atoms with van der Waals surface area (Å²) in [4.78, 5) is 21.9. The molecule has 0 heterocycles. The zero-order valence-corrected chi connectivity index (χ0v) is 9.93. The molecule has 0 rings (SSSR count). The summed E-state index contributed by atoms with van der Waals surface area (Å²) in [7, 11) is 1.31. The van der Waals surface area contributed by atoms with Gasteiger partial charge in [0, 0.05) is 6.54 Å². The predicted molar refractivity (Wildman–Crippen MR) is 59.8 cm³/mol. The Balaban J connectivity index is 0. The van der Waals surface area contributed by atoms with E-state index in [1.54, 1.807) is 0 Å². The van der Waals surface area contributed by atoms with Crippen molar-refractivity contribution in [1.82, 2.24) is 5.32 Å². The van der Waals surface area contributed by atoms with E-state index in [9.17, 15) is 9.59 Å². The molecule has 3 N–H and O–H groups in total. The maximum atomic E-state index is 11.2. The molecule has 15 heavy (non-hydrogen) atoms. The van der Waals surface area contributed by atoms with Crippen molar-refractivity contribution in [2.75, 3.05) is 13.7 Å². The minimum absolute atomic E-state index is 0. The number of nitrogens with one attached hydrogen (secondary N) is 1. The van der Waals surface area contributed by atoms with Gasteiger partial charge in [-0.25, -0.2) is 0 Å². The SMILES string of the molecule is CCCC(N)C(=O)NCCC(=O)OC.Cl. The van der Waals surface area contributed by atoms with Crippen molar-refractivity contribution in [3.63, 3.8) is 0 Å². The van der Waals surface area contributed by atoms with Crippen LogP contribution in [0, 0.1) is 0 Å². The molecule has 0 aromatic heterocycles. The highest BCUT2D eigenvalue weighted by atomic mass is 35.5. The van der Waals surface area contributed by atoms with Gasteiger partial charge in [0.05, 0.1) is 19.6 Å². The van der Waals surface area contributed by atoms with Gasteiger partial charge in [0.25, 0.3) is 0 Å². The number of amides is 1. The Kier molecular flexibility index (Phi) is 10.8. The highest BCUT2D eigenvalue weighted by molar-refractivity contribution is 5.85. The molecule has 0 saturated heterocycles. The van der Waals surface area contributed by atoms with Crippen molar-refractivity contribution < 1.29 is 14.3 Å². The fourth-order valence-corrected chi connectivity index (χ4v) is 0.963. The standard InChI is InChI=1S/C9H18N2O3.ClH/c1-3-4-7(10)9(13)11-6-5-8(12)14-2;/h7H,3-6,10H2,1-2H3,(H,11,13);1H. The first kappa shape index (κ1) is 16.6. The number of halogens is 1. The normalized spacial score (nSPS) is 11.1. The molecule has 1 unspecified atom stereocenters. The van der Waals surface area contributed by atoms with Crippen LogP contribution in [0.25, 0.3) is 0 Å². The molecule has 0 aromatic rings. The fraction of sp³-hybridized carbons (Fsp3) is 0.778. The van der Waals surface area contributed by atoms with Gasteiger partial charge in [-0.3, -0.25) is 9.59 Å². The molecular weight excluding hydrogens is 220 g/mol. The number of carbonyl (C=O) groups is 2. The number of ether oxygens (including phenoxy) is 1. The first-order valence-electron chi connectivity index (χ1n) is 4.72. The van der Waals surface area contributed by atoms with Gasteiger partial charge >= 0.3 is 5.97 Å². The van der Waals surface area contributed by atoms with Gasteiger partial charge in [-0.05, 0) is 6.42 Å². The second kappa shape index (κ2) is 9.73. The van der Waals surface area contributed by atoms with Crippen LogP contribution in [0.5, 0.6) is 0 Å². The van der Waals surface area contributed by atoms with E-state index in [1.165, 1.54) is 7.11 Å². The van der Waals surface area contributed by atoms with Crippen molar-refractivity contribution in [2.24, 2.45) is 5.73 Å². The Morgan fingerprint density at radius 2 is 2.07 bits per heavy atom. The average Bonchev–Trinajstić information content (AvgIpc) is 2.17. The minimum atomic E-state index is -0.474. The Morgan fingerprint density at radius 1 is 1.47 bits per heavy atom. The first-order valence-corrected chi connectivity index (χ1v) is 4.72. The Morgan fingerprint density at radius 3 is 2.53 bits per heavy atom. The van der Waals surface area contributed by atoms with E-state index in [1.807, 2.05) is 6.92 Å². The highest BCUT2D eigenvalue weighted by Gasteiger charge is 2.11. The van der Waals surface area contributed by atoms with Crippen LogP contribution in [0.4, 0.5) is 0 Å². The summed E-state index contributed by atoms with van der Waals surface area (Å²) in [5, 5.41) is 2.57. The van der Waals surface area contributed by atoms with Crippen LogP contribution in [0.2, 0.25) is 0 Å². The molecule has 0 aliphatic rings.